The van der Waals surface area contributed by atoms with Gasteiger partial charge in [0.05, 0.1) is 0 Å². The molecule has 3 aliphatic heterocycles. The van der Waals surface area contributed by atoms with Gasteiger partial charge in [0.1, 0.15) is 0 Å². The van der Waals surface area contributed by atoms with Gasteiger partial charge in [-0.3, -0.25) is 0 Å². The molecular weight excluding hydrogens is 1270 g/mol. The first-order valence-electron chi connectivity index (χ1n) is 30.6. The molecular formula is C81H69BiN6. The zero-order valence-electron chi connectivity index (χ0n) is 51.4. The molecule has 0 fully saturated rings. The second kappa shape index (κ2) is 21.9. The summed E-state index contributed by atoms with van der Waals surface area (Å²) in [5.74, 6) is 0. The van der Waals surface area contributed by atoms with Crippen LogP contribution in [0, 0.1) is 62.3 Å². The van der Waals surface area contributed by atoms with E-state index in [1.54, 1.807) is 0 Å². The van der Waals surface area contributed by atoms with Gasteiger partial charge in [0, 0.05) is 0 Å². The van der Waals surface area contributed by atoms with Crippen LogP contribution in [0.1, 0.15) is 50.1 Å². The van der Waals surface area contributed by atoms with E-state index in [9.17, 15) is 0 Å². The van der Waals surface area contributed by atoms with E-state index < -0.39 is 21.8 Å². The first kappa shape index (κ1) is 54.9. The number of aryl methyl sites for hydroxylation is 9. The summed E-state index contributed by atoms with van der Waals surface area (Å²) in [6, 6.07) is 97.3. The van der Waals surface area contributed by atoms with E-state index >= 15 is 0 Å². The van der Waals surface area contributed by atoms with E-state index in [-0.39, 0.29) is 0 Å². The molecule has 0 aliphatic carbocycles. The zero-order valence-corrected chi connectivity index (χ0v) is 54.9. The third-order valence-electron chi connectivity index (χ3n) is 17.7. The summed E-state index contributed by atoms with van der Waals surface area (Å²) >= 11 is -3.66. The first-order chi connectivity index (χ1) is 42.8. The summed E-state index contributed by atoms with van der Waals surface area (Å²) in [6.07, 6.45) is 0. The molecule has 0 N–H and O–H groups in total. The third kappa shape index (κ3) is 9.61. The minimum absolute atomic E-state index is 1.08. The number of anilines is 18. The SMILES string of the molecule is Cc1ccc(N(c2ccc(C)cc2)c2cc3[c]4c(c2)N(c2ccc(C)cc2)c2cc(N(c5ccc(C)cc5)c5ccc(C)cc5)cc5[c]2[Bi]4[c]2c(cc(N(c4ccc(C)cc4)c4ccc(C)cc4)cc2N5c2ccc(C)cc2)N3c2ccc(C)cc2)cc1. The van der Waals surface area contributed by atoms with Gasteiger partial charge in [0.15, 0.2) is 0 Å². The van der Waals surface area contributed by atoms with E-state index in [4.69, 9.17) is 0 Å². The molecule has 0 saturated heterocycles. The molecule has 12 aromatic rings. The van der Waals surface area contributed by atoms with Crippen LogP contribution in [0.15, 0.2) is 255 Å². The van der Waals surface area contributed by atoms with Crippen molar-refractivity contribution in [3.05, 3.63) is 305 Å². The Morgan fingerprint density at radius 1 is 0.193 bits per heavy atom. The molecule has 7 heteroatoms. The van der Waals surface area contributed by atoms with Crippen molar-refractivity contribution in [1.29, 1.82) is 0 Å². The van der Waals surface area contributed by atoms with Crippen LogP contribution in [0.4, 0.5) is 102 Å². The van der Waals surface area contributed by atoms with Crippen LogP contribution in [-0.2, 0) is 0 Å². The fourth-order valence-electron chi connectivity index (χ4n) is 13.0. The summed E-state index contributed by atoms with van der Waals surface area (Å²) in [5.41, 5.74) is 31.4. The summed E-state index contributed by atoms with van der Waals surface area (Å²) in [4.78, 5) is 15.4. The molecule has 88 heavy (non-hydrogen) atoms. The Bertz CT molecular complexity index is 3930. The van der Waals surface area contributed by atoms with Crippen LogP contribution < -0.4 is 39.2 Å². The summed E-state index contributed by atoms with van der Waals surface area (Å²) < 4.78 is 4.38. The molecule has 0 unspecified atom stereocenters. The van der Waals surface area contributed by atoms with Gasteiger partial charge in [-0.05, 0) is 0 Å². The van der Waals surface area contributed by atoms with Gasteiger partial charge in [-0.25, -0.2) is 0 Å². The van der Waals surface area contributed by atoms with Gasteiger partial charge in [-0.2, -0.15) is 0 Å². The molecule has 6 nitrogen and oxygen atoms in total. The summed E-state index contributed by atoms with van der Waals surface area (Å²) in [6.45, 7) is 19.7. The van der Waals surface area contributed by atoms with Crippen molar-refractivity contribution in [3.8, 4) is 0 Å². The van der Waals surface area contributed by atoms with Gasteiger partial charge < -0.3 is 0 Å². The number of nitrogens with zero attached hydrogens (tertiary/aromatic N) is 6. The Balaban J connectivity index is 1.13. The molecule has 12 aromatic carbocycles. The Kier molecular flexibility index (Phi) is 13.7. The Hall–Kier alpha value is -9.68. The van der Waals surface area contributed by atoms with Gasteiger partial charge in [-0.1, -0.05) is 0 Å². The maximum absolute atomic E-state index is 3.66. The molecule has 0 bridgehead atoms. The van der Waals surface area contributed by atoms with Gasteiger partial charge in [0.2, 0.25) is 0 Å². The normalized spacial score (nSPS) is 12.7. The van der Waals surface area contributed by atoms with E-state index in [0.29, 0.717) is 0 Å². The second-order valence-corrected chi connectivity index (χ2v) is 32.2. The monoisotopic (exact) mass is 1330 g/mol. The minimum atomic E-state index is -3.66. The Labute approximate surface area is 526 Å². The molecule has 0 spiro atoms. The Morgan fingerprint density at radius 3 is 0.500 bits per heavy atom. The van der Waals surface area contributed by atoms with E-state index in [1.165, 1.54) is 94.0 Å². The predicted molar refractivity (Wildman–Crippen MR) is 375 cm³/mol. The standard InChI is InChI=1S/C81H69N6.Bi/c1-55-10-28-64(29-11-55)82(65-30-12-56(2)13-31-65)73-46-76-52-77(47-73)86(71-42-24-62(8)25-43-71)79-49-75(84(68-36-18-59(5)19-37-68)69-38-20-60(6)21-39-69)51-81(54-79)87(72-44-26-63(9)27-45-72)80-50-74(48-78(53-80)85(76)70-40-22-61(7)23-41-70)83(66-32-14-57(3)15-33-66)67-34-16-58(4)17-35-67;/h10-51H,1-9H3;. The zero-order chi connectivity index (χ0) is 60.1. The summed E-state index contributed by atoms with van der Waals surface area (Å²) in [7, 11) is 0. The molecule has 0 saturated carbocycles. The molecule has 3 heterocycles. The van der Waals surface area contributed by atoms with Crippen molar-refractivity contribution < 1.29 is 0 Å². The molecule has 0 aromatic heterocycles. The van der Waals surface area contributed by atoms with E-state index in [0.717, 1.165) is 68.2 Å². The molecule has 15 rings (SSSR count). The summed E-state index contributed by atoms with van der Waals surface area (Å²) in [5, 5.41) is 0. The van der Waals surface area contributed by atoms with Gasteiger partial charge in [-0.15, -0.1) is 0 Å². The molecule has 0 radical (unpaired) electrons. The topological polar surface area (TPSA) is 19.4 Å². The fraction of sp³-hybridized carbons (Fsp3) is 0.111. The number of benzene rings is 12. The van der Waals surface area contributed by atoms with Crippen LogP contribution in [0.2, 0.25) is 0 Å². The number of hydrogen-bond donors (Lipinski definition) is 0. The van der Waals surface area contributed by atoms with E-state index in [1.807, 2.05) is 0 Å². The van der Waals surface area contributed by atoms with Crippen molar-refractivity contribution in [3.63, 3.8) is 0 Å². The van der Waals surface area contributed by atoms with Crippen molar-refractivity contribution in [1.82, 2.24) is 0 Å². The van der Waals surface area contributed by atoms with Crippen LogP contribution in [0.3, 0.4) is 0 Å². The second-order valence-electron chi connectivity index (χ2n) is 24.4. The number of rotatable bonds is 12. The predicted octanol–water partition coefficient (Wildman–Crippen LogP) is 20.7. The van der Waals surface area contributed by atoms with Crippen molar-refractivity contribution in [2.45, 2.75) is 62.3 Å². The maximum atomic E-state index is 2.64. The van der Waals surface area contributed by atoms with Crippen molar-refractivity contribution in [2.24, 2.45) is 0 Å². The van der Waals surface area contributed by atoms with Gasteiger partial charge in [0.25, 0.3) is 0 Å². The van der Waals surface area contributed by atoms with Crippen LogP contribution in [-0.4, -0.2) is 21.8 Å². The van der Waals surface area contributed by atoms with Crippen LogP contribution in [0.5, 0.6) is 0 Å². The van der Waals surface area contributed by atoms with Crippen molar-refractivity contribution >= 4 is 134 Å². The quantitative estimate of drug-likeness (QED) is 0.113. The average molecular weight is 1340 g/mol. The molecule has 428 valence electrons. The molecule has 3 aliphatic rings. The first-order valence-corrected chi connectivity index (χ1v) is 35.8. The third-order valence-corrected chi connectivity index (χ3v) is 28.2. The van der Waals surface area contributed by atoms with Crippen LogP contribution in [0.25, 0.3) is 0 Å². The average Bonchev–Trinajstić information content (AvgIpc) is 0.679. The molecule has 0 amide bonds. The van der Waals surface area contributed by atoms with Gasteiger partial charge >= 0.3 is 531 Å². The fourth-order valence-corrected chi connectivity index (χ4v) is 24.8. The van der Waals surface area contributed by atoms with Crippen LogP contribution >= 0.6 is 0 Å². The number of hydrogen-bond acceptors (Lipinski definition) is 6. The Morgan fingerprint density at radius 2 is 0.341 bits per heavy atom. The van der Waals surface area contributed by atoms with E-state index in [2.05, 4.69) is 347 Å². The van der Waals surface area contributed by atoms with Crippen molar-refractivity contribution in [2.75, 3.05) is 29.4 Å². The molecule has 0 atom stereocenters.